The van der Waals surface area contributed by atoms with Crippen molar-refractivity contribution in [2.24, 2.45) is 0 Å². The lowest BCUT2D eigenvalue weighted by Crippen LogP contribution is -2.10. The average molecular weight is 360 g/mol. The minimum atomic E-state index is -0.268. The van der Waals surface area contributed by atoms with Crippen LogP contribution in [0.1, 0.15) is 19.4 Å². The summed E-state index contributed by atoms with van der Waals surface area (Å²) in [6, 6.07) is 13.1. The predicted molar refractivity (Wildman–Crippen MR) is 101 cm³/mol. The molecule has 134 valence electrons. The Kier molecular flexibility index (Phi) is 3.97. The van der Waals surface area contributed by atoms with Gasteiger partial charge in [0.25, 0.3) is 5.89 Å². The van der Waals surface area contributed by atoms with Gasteiger partial charge in [0.15, 0.2) is 0 Å². The van der Waals surface area contributed by atoms with Crippen molar-refractivity contribution in [1.82, 2.24) is 20.1 Å². The van der Waals surface area contributed by atoms with E-state index in [2.05, 4.69) is 31.5 Å². The molecule has 0 amide bonds. The Morgan fingerprint density at radius 3 is 2.67 bits per heavy atom. The van der Waals surface area contributed by atoms with Gasteiger partial charge in [-0.05, 0) is 50.2 Å². The van der Waals surface area contributed by atoms with Crippen molar-refractivity contribution in [3.8, 4) is 28.9 Å². The van der Waals surface area contributed by atoms with Crippen LogP contribution >= 0.6 is 0 Å². The van der Waals surface area contributed by atoms with Crippen LogP contribution in [-0.2, 0) is 0 Å². The van der Waals surface area contributed by atoms with Crippen molar-refractivity contribution in [3.63, 3.8) is 0 Å². The van der Waals surface area contributed by atoms with Gasteiger partial charge in [-0.1, -0.05) is 5.16 Å². The van der Waals surface area contributed by atoms with Crippen molar-refractivity contribution < 1.29 is 4.52 Å². The van der Waals surface area contributed by atoms with E-state index in [1.54, 1.807) is 24.3 Å². The smallest absolute Gasteiger partial charge is 0.323 e. The third kappa shape index (κ3) is 3.18. The monoisotopic (exact) mass is 360 g/mol. The van der Waals surface area contributed by atoms with E-state index in [0.717, 1.165) is 5.69 Å². The zero-order valence-corrected chi connectivity index (χ0v) is 14.7. The maximum atomic E-state index is 11.4. The summed E-state index contributed by atoms with van der Waals surface area (Å²) >= 11 is 0. The van der Waals surface area contributed by atoms with Crippen LogP contribution in [0.5, 0.6) is 0 Å². The summed E-state index contributed by atoms with van der Waals surface area (Å²) in [5, 5.41) is 16.6. The fourth-order valence-corrected chi connectivity index (χ4v) is 2.84. The molecule has 2 heterocycles. The normalized spacial score (nSPS) is 11.0. The molecule has 0 radical (unpaired) electrons. The van der Waals surface area contributed by atoms with Crippen molar-refractivity contribution in [1.29, 1.82) is 5.26 Å². The number of aromatic nitrogens is 4. The maximum absolute atomic E-state index is 11.4. The van der Waals surface area contributed by atoms with Gasteiger partial charge in [0.2, 0.25) is 5.82 Å². The molecule has 0 aliphatic carbocycles. The first-order valence-electron chi connectivity index (χ1n) is 8.40. The van der Waals surface area contributed by atoms with E-state index in [1.807, 2.05) is 26.0 Å². The van der Waals surface area contributed by atoms with Crippen LogP contribution in [0.25, 0.3) is 33.9 Å². The fourth-order valence-electron chi connectivity index (χ4n) is 2.84. The molecular formula is C19H16N6O2. The summed E-state index contributed by atoms with van der Waals surface area (Å²) in [4.78, 5) is 21.2. The van der Waals surface area contributed by atoms with Gasteiger partial charge in [-0.25, -0.2) is 4.79 Å². The molecule has 0 fully saturated rings. The highest BCUT2D eigenvalue weighted by Gasteiger charge is 2.14. The summed E-state index contributed by atoms with van der Waals surface area (Å²) in [5.74, 6) is 0.720. The molecule has 0 unspecified atom stereocenters. The molecule has 0 aliphatic heterocycles. The molecule has 0 saturated heterocycles. The number of imidazole rings is 1. The SMILES string of the molecule is CC(C)Nc1ccc(-c2nc(-c3ccc4[nH]c(=O)[nH]c4c3)no2)cc1C#N. The number of aromatic amines is 2. The molecule has 27 heavy (non-hydrogen) atoms. The summed E-state index contributed by atoms with van der Waals surface area (Å²) in [6.07, 6.45) is 0. The molecule has 4 aromatic rings. The van der Waals surface area contributed by atoms with Crippen molar-refractivity contribution in [2.45, 2.75) is 19.9 Å². The number of hydrogen-bond donors (Lipinski definition) is 3. The van der Waals surface area contributed by atoms with Crippen LogP contribution in [-0.4, -0.2) is 26.2 Å². The lowest BCUT2D eigenvalue weighted by molar-refractivity contribution is 0.432. The summed E-state index contributed by atoms with van der Waals surface area (Å²) in [7, 11) is 0. The molecule has 0 saturated carbocycles. The van der Waals surface area contributed by atoms with Gasteiger partial charge in [0.1, 0.15) is 6.07 Å². The number of anilines is 1. The van der Waals surface area contributed by atoms with E-state index in [0.29, 0.717) is 39.4 Å². The van der Waals surface area contributed by atoms with E-state index < -0.39 is 0 Å². The molecule has 0 atom stereocenters. The number of H-pyrrole nitrogens is 2. The first kappa shape index (κ1) is 16.6. The molecule has 3 N–H and O–H groups in total. The summed E-state index contributed by atoms with van der Waals surface area (Å²) in [5.41, 5.74) is 3.75. The quantitative estimate of drug-likeness (QED) is 0.513. The van der Waals surface area contributed by atoms with Crippen LogP contribution in [0, 0.1) is 11.3 Å². The molecule has 4 rings (SSSR count). The van der Waals surface area contributed by atoms with Crippen LogP contribution in [0.2, 0.25) is 0 Å². The largest absolute Gasteiger partial charge is 0.382 e. The van der Waals surface area contributed by atoms with Gasteiger partial charge >= 0.3 is 5.69 Å². The van der Waals surface area contributed by atoms with Crippen LogP contribution < -0.4 is 11.0 Å². The Bertz CT molecular complexity index is 1220. The predicted octanol–water partition coefficient (Wildman–Crippen LogP) is 3.27. The third-order valence-corrected chi connectivity index (χ3v) is 4.03. The minimum absolute atomic E-state index is 0.216. The third-order valence-electron chi connectivity index (χ3n) is 4.03. The number of hydrogen-bond acceptors (Lipinski definition) is 6. The average Bonchev–Trinajstić information content (AvgIpc) is 3.26. The molecule has 2 aromatic carbocycles. The van der Waals surface area contributed by atoms with E-state index in [9.17, 15) is 10.1 Å². The summed E-state index contributed by atoms with van der Waals surface area (Å²) < 4.78 is 5.37. The molecule has 0 bridgehead atoms. The number of fused-ring (bicyclic) bond motifs is 1. The number of benzene rings is 2. The Morgan fingerprint density at radius 2 is 1.89 bits per heavy atom. The van der Waals surface area contributed by atoms with E-state index in [1.165, 1.54) is 0 Å². The Balaban J connectivity index is 1.69. The highest BCUT2D eigenvalue weighted by atomic mass is 16.5. The van der Waals surface area contributed by atoms with Gasteiger partial charge in [-0.15, -0.1) is 0 Å². The van der Waals surface area contributed by atoms with Gasteiger partial charge in [0.05, 0.1) is 22.3 Å². The van der Waals surface area contributed by atoms with Crippen LogP contribution in [0.4, 0.5) is 5.69 Å². The van der Waals surface area contributed by atoms with Crippen molar-refractivity contribution in [3.05, 3.63) is 52.4 Å². The van der Waals surface area contributed by atoms with E-state index in [-0.39, 0.29) is 11.7 Å². The second-order valence-electron chi connectivity index (χ2n) is 6.43. The molecule has 8 nitrogen and oxygen atoms in total. The van der Waals surface area contributed by atoms with Crippen LogP contribution in [0.3, 0.4) is 0 Å². The minimum Gasteiger partial charge on any atom is -0.382 e. The van der Waals surface area contributed by atoms with Gasteiger partial charge in [0, 0.05) is 17.2 Å². The van der Waals surface area contributed by atoms with Gasteiger partial charge in [-0.3, -0.25) is 0 Å². The van der Waals surface area contributed by atoms with E-state index in [4.69, 9.17) is 4.52 Å². The number of nitriles is 1. The van der Waals surface area contributed by atoms with Crippen molar-refractivity contribution in [2.75, 3.05) is 5.32 Å². The lowest BCUT2D eigenvalue weighted by atomic mass is 10.1. The number of nitrogens with zero attached hydrogens (tertiary/aromatic N) is 3. The van der Waals surface area contributed by atoms with Gasteiger partial charge in [-0.2, -0.15) is 10.2 Å². The van der Waals surface area contributed by atoms with Crippen LogP contribution in [0.15, 0.2) is 45.7 Å². The molecule has 8 heteroatoms. The molecule has 0 aliphatic rings. The second-order valence-corrected chi connectivity index (χ2v) is 6.43. The fraction of sp³-hybridized carbons (Fsp3) is 0.158. The van der Waals surface area contributed by atoms with E-state index >= 15 is 0 Å². The Labute approximate surface area is 153 Å². The second kappa shape index (κ2) is 6.46. The highest BCUT2D eigenvalue weighted by molar-refractivity contribution is 5.80. The van der Waals surface area contributed by atoms with Gasteiger partial charge < -0.3 is 19.8 Å². The Hall–Kier alpha value is -3.86. The molecular weight excluding hydrogens is 344 g/mol. The number of nitrogens with one attached hydrogen (secondary N) is 3. The summed E-state index contributed by atoms with van der Waals surface area (Å²) in [6.45, 7) is 4.02. The zero-order chi connectivity index (χ0) is 19.0. The maximum Gasteiger partial charge on any atom is 0.323 e. The standard InChI is InChI=1S/C19H16N6O2/c1-10(2)21-14-5-4-12(7-13(14)9-20)18-24-17(25-27-18)11-3-6-15-16(8-11)23-19(26)22-15/h3-8,10,21H,1-2H3,(H2,22,23,26). The zero-order valence-electron chi connectivity index (χ0n) is 14.7. The highest BCUT2D eigenvalue weighted by Crippen LogP contribution is 2.27. The molecule has 0 spiro atoms. The number of rotatable bonds is 4. The first-order valence-corrected chi connectivity index (χ1v) is 8.40. The Morgan fingerprint density at radius 1 is 1.11 bits per heavy atom. The molecule has 2 aromatic heterocycles. The lowest BCUT2D eigenvalue weighted by Gasteiger charge is -2.11. The van der Waals surface area contributed by atoms with Crippen molar-refractivity contribution >= 4 is 16.7 Å². The first-order chi connectivity index (χ1) is 13.0. The topological polar surface area (TPSA) is 123 Å².